The van der Waals surface area contributed by atoms with Gasteiger partial charge in [0.1, 0.15) is 6.04 Å². The molecule has 0 spiro atoms. The first-order valence-corrected chi connectivity index (χ1v) is 6.02. The van der Waals surface area contributed by atoms with Gasteiger partial charge in [0, 0.05) is 13.2 Å². The Morgan fingerprint density at radius 1 is 1.31 bits per heavy atom. The maximum Gasteiger partial charge on any atom is 0.323 e. The Labute approximate surface area is 98.7 Å². The van der Waals surface area contributed by atoms with E-state index >= 15 is 0 Å². The Balaban J connectivity index is 3.65. The number of carbonyl (C=O) groups excluding carboxylic acids is 1. The molecule has 0 aliphatic carbocycles. The molecule has 0 amide bonds. The minimum atomic E-state index is -0.236. The van der Waals surface area contributed by atoms with Crippen LogP contribution in [0.1, 0.15) is 33.6 Å². The van der Waals surface area contributed by atoms with Crippen LogP contribution in [0.3, 0.4) is 0 Å². The molecule has 0 bridgehead atoms. The molecule has 16 heavy (non-hydrogen) atoms. The summed E-state index contributed by atoms with van der Waals surface area (Å²) < 4.78 is 10.1. The molecule has 0 saturated carbocycles. The lowest BCUT2D eigenvalue weighted by Gasteiger charge is -2.19. The van der Waals surface area contributed by atoms with Crippen LogP contribution >= 0.6 is 0 Å². The van der Waals surface area contributed by atoms with Crippen molar-refractivity contribution in [2.45, 2.75) is 39.7 Å². The van der Waals surface area contributed by atoms with E-state index in [1.54, 1.807) is 0 Å². The number of esters is 1. The minimum Gasteiger partial charge on any atom is -0.468 e. The first-order valence-electron chi connectivity index (χ1n) is 6.02. The first kappa shape index (κ1) is 15.4. The Bertz CT molecular complexity index is 183. The van der Waals surface area contributed by atoms with Crippen LogP contribution in [0.4, 0.5) is 0 Å². The van der Waals surface area contributed by atoms with Crippen LogP contribution in [0.15, 0.2) is 0 Å². The number of unbranched alkanes of at least 4 members (excludes halogenated alkanes) is 1. The van der Waals surface area contributed by atoms with Crippen LogP contribution in [0.2, 0.25) is 0 Å². The number of rotatable bonds is 9. The van der Waals surface area contributed by atoms with Crippen molar-refractivity contribution in [1.82, 2.24) is 5.32 Å². The van der Waals surface area contributed by atoms with Crippen LogP contribution in [0.5, 0.6) is 0 Å². The molecule has 96 valence electrons. The largest absolute Gasteiger partial charge is 0.468 e. The SMILES string of the molecule is CCCCOCCNC(C(=O)OC)C(C)C. The van der Waals surface area contributed by atoms with Gasteiger partial charge in [0.25, 0.3) is 0 Å². The molecule has 0 rings (SSSR count). The zero-order valence-electron chi connectivity index (χ0n) is 10.9. The third kappa shape index (κ3) is 6.80. The van der Waals surface area contributed by atoms with Crippen molar-refractivity contribution in [3.8, 4) is 0 Å². The van der Waals surface area contributed by atoms with Crippen molar-refractivity contribution in [3.63, 3.8) is 0 Å². The van der Waals surface area contributed by atoms with Crippen molar-refractivity contribution >= 4 is 5.97 Å². The highest BCUT2D eigenvalue weighted by molar-refractivity contribution is 5.75. The van der Waals surface area contributed by atoms with Crippen molar-refractivity contribution in [2.75, 3.05) is 26.9 Å². The lowest BCUT2D eigenvalue weighted by Crippen LogP contribution is -2.43. The van der Waals surface area contributed by atoms with E-state index in [2.05, 4.69) is 12.2 Å². The van der Waals surface area contributed by atoms with Gasteiger partial charge < -0.3 is 14.8 Å². The van der Waals surface area contributed by atoms with Crippen molar-refractivity contribution in [2.24, 2.45) is 5.92 Å². The third-order valence-corrected chi connectivity index (χ3v) is 2.37. The summed E-state index contributed by atoms with van der Waals surface area (Å²) in [5.41, 5.74) is 0. The van der Waals surface area contributed by atoms with Crippen molar-refractivity contribution in [1.29, 1.82) is 0 Å². The maximum atomic E-state index is 11.4. The predicted molar refractivity (Wildman–Crippen MR) is 64.4 cm³/mol. The number of ether oxygens (including phenoxy) is 2. The molecule has 1 atom stereocenters. The smallest absolute Gasteiger partial charge is 0.323 e. The van der Waals surface area contributed by atoms with Gasteiger partial charge in [-0.25, -0.2) is 0 Å². The minimum absolute atomic E-state index is 0.205. The second-order valence-electron chi connectivity index (χ2n) is 4.16. The van der Waals surface area contributed by atoms with Gasteiger partial charge in [0.05, 0.1) is 13.7 Å². The quantitative estimate of drug-likeness (QED) is 0.483. The van der Waals surface area contributed by atoms with E-state index < -0.39 is 0 Å². The highest BCUT2D eigenvalue weighted by Crippen LogP contribution is 2.02. The Kier molecular flexibility index (Phi) is 9.24. The predicted octanol–water partition coefficient (Wildman–Crippen LogP) is 1.59. The van der Waals surface area contributed by atoms with E-state index in [4.69, 9.17) is 9.47 Å². The van der Waals surface area contributed by atoms with Crippen LogP contribution in [-0.2, 0) is 14.3 Å². The topological polar surface area (TPSA) is 47.6 Å². The summed E-state index contributed by atoms with van der Waals surface area (Å²) in [6.45, 7) is 8.23. The molecule has 0 aromatic rings. The van der Waals surface area contributed by atoms with E-state index in [1.165, 1.54) is 7.11 Å². The normalized spacial score (nSPS) is 12.8. The molecule has 0 saturated heterocycles. The van der Waals surface area contributed by atoms with Gasteiger partial charge >= 0.3 is 5.97 Å². The first-order chi connectivity index (χ1) is 7.63. The molecule has 1 unspecified atom stereocenters. The zero-order valence-corrected chi connectivity index (χ0v) is 10.9. The summed E-state index contributed by atoms with van der Waals surface area (Å²) >= 11 is 0. The number of nitrogens with one attached hydrogen (secondary N) is 1. The summed E-state index contributed by atoms with van der Waals surface area (Å²) in [4.78, 5) is 11.4. The molecular formula is C12H25NO3. The fraction of sp³-hybridized carbons (Fsp3) is 0.917. The van der Waals surface area contributed by atoms with Crippen molar-refractivity contribution < 1.29 is 14.3 Å². The number of methoxy groups -OCH3 is 1. The van der Waals surface area contributed by atoms with Crippen LogP contribution in [-0.4, -0.2) is 38.9 Å². The fourth-order valence-corrected chi connectivity index (χ4v) is 1.35. The van der Waals surface area contributed by atoms with Crippen LogP contribution in [0, 0.1) is 5.92 Å². The highest BCUT2D eigenvalue weighted by atomic mass is 16.5. The van der Waals surface area contributed by atoms with E-state index in [9.17, 15) is 4.79 Å². The van der Waals surface area contributed by atoms with Gasteiger partial charge in [0.15, 0.2) is 0 Å². The molecule has 0 aromatic heterocycles. The van der Waals surface area contributed by atoms with Crippen LogP contribution in [0.25, 0.3) is 0 Å². The van der Waals surface area contributed by atoms with Gasteiger partial charge in [-0.1, -0.05) is 27.2 Å². The monoisotopic (exact) mass is 231 g/mol. The second kappa shape index (κ2) is 9.60. The summed E-state index contributed by atoms with van der Waals surface area (Å²) in [5.74, 6) is 0.0200. The summed E-state index contributed by atoms with van der Waals surface area (Å²) in [7, 11) is 1.41. The van der Waals surface area contributed by atoms with Gasteiger partial charge in [-0.3, -0.25) is 4.79 Å². The van der Waals surface area contributed by atoms with Gasteiger partial charge in [-0.15, -0.1) is 0 Å². The van der Waals surface area contributed by atoms with E-state index in [1.807, 2.05) is 13.8 Å². The molecule has 0 aromatic carbocycles. The average Bonchev–Trinajstić information content (AvgIpc) is 2.26. The molecular weight excluding hydrogens is 206 g/mol. The Hall–Kier alpha value is -0.610. The standard InChI is InChI=1S/C12H25NO3/c1-5-6-8-16-9-7-13-11(10(2)3)12(14)15-4/h10-11,13H,5-9H2,1-4H3. The van der Waals surface area contributed by atoms with Gasteiger partial charge in [-0.2, -0.15) is 0 Å². The number of carbonyl (C=O) groups is 1. The van der Waals surface area contributed by atoms with E-state index in [0.717, 1.165) is 19.4 Å². The highest BCUT2D eigenvalue weighted by Gasteiger charge is 2.21. The summed E-state index contributed by atoms with van der Waals surface area (Å²) in [6, 6.07) is -0.236. The molecule has 1 N–H and O–H groups in total. The van der Waals surface area contributed by atoms with E-state index in [-0.39, 0.29) is 17.9 Å². The molecule has 0 fully saturated rings. The Morgan fingerprint density at radius 2 is 2.00 bits per heavy atom. The van der Waals surface area contributed by atoms with Crippen LogP contribution < -0.4 is 5.32 Å². The molecule has 0 radical (unpaired) electrons. The van der Waals surface area contributed by atoms with Crippen molar-refractivity contribution in [3.05, 3.63) is 0 Å². The number of hydrogen-bond donors (Lipinski definition) is 1. The Morgan fingerprint density at radius 3 is 2.50 bits per heavy atom. The zero-order chi connectivity index (χ0) is 12.4. The fourth-order valence-electron chi connectivity index (χ4n) is 1.35. The maximum absolute atomic E-state index is 11.4. The van der Waals surface area contributed by atoms with Gasteiger partial charge in [0.2, 0.25) is 0 Å². The molecule has 0 aliphatic rings. The lowest BCUT2D eigenvalue weighted by molar-refractivity contribution is -0.144. The summed E-state index contributed by atoms with van der Waals surface area (Å²) in [6.07, 6.45) is 2.23. The second-order valence-corrected chi connectivity index (χ2v) is 4.16. The summed E-state index contributed by atoms with van der Waals surface area (Å²) in [5, 5.41) is 3.15. The third-order valence-electron chi connectivity index (χ3n) is 2.37. The lowest BCUT2D eigenvalue weighted by atomic mass is 10.1. The molecule has 4 heteroatoms. The van der Waals surface area contributed by atoms with E-state index in [0.29, 0.717) is 13.2 Å². The average molecular weight is 231 g/mol. The number of hydrogen-bond acceptors (Lipinski definition) is 4. The molecule has 4 nitrogen and oxygen atoms in total. The molecule has 0 aliphatic heterocycles. The van der Waals surface area contributed by atoms with Gasteiger partial charge in [-0.05, 0) is 12.3 Å². The molecule has 0 heterocycles.